The van der Waals surface area contributed by atoms with Gasteiger partial charge >= 0.3 is 0 Å². The number of fused-ring (bicyclic) bond motifs is 1. The van der Waals surface area contributed by atoms with Crippen molar-refractivity contribution in [1.29, 1.82) is 0 Å². The zero-order valence-corrected chi connectivity index (χ0v) is 18.7. The molecule has 1 atom stereocenters. The lowest BCUT2D eigenvalue weighted by Crippen LogP contribution is -2.30. The largest absolute Gasteiger partial charge is 0.467 e. The third-order valence-corrected chi connectivity index (χ3v) is 5.96. The summed E-state index contributed by atoms with van der Waals surface area (Å²) < 4.78 is 7.66. The second-order valence-corrected chi connectivity index (χ2v) is 8.66. The maximum absolute atomic E-state index is 13.6. The first-order chi connectivity index (χ1) is 15.5. The van der Waals surface area contributed by atoms with Gasteiger partial charge < -0.3 is 8.98 Å². The Kier molecular flexibility index (Phi) is 5.31. The van der Waals surface area contributed by atoms with Crippen LogP contribution in [-0.4, -0.2) is 26.2 Å². The molecular formula is C25H23ClN4O2. The maximum Gasteiger partial charge on any atom is 0.263 e. The topological polar surface area (TPSA) is 63.6 Å². The number of amides is 1. The Hall–Kier alpha value is -3.38. The first-order valence-electron chi connectivity index (χ1n) is 10.7. The molecule has 0 bridgehead atoms. The first-order valence-corrected chi connectivity index (χ1v) is 11.0. The van der Waals surface area contributed by atoms with E-state index in [1.807, 2.05) is 65.2 Å². The lowest BCUT2D eigenvalue weighted by atomic mass is 10.0. The molecule has 2 aromatic heterocycles. The van der Waals surface area contributed by atoms with E-state index >= 15 is 0 Å². The molecule has 1 amide bonds. The van der Waals surface area contributed by atoms with Crippen LogP contribution in [0.2, 0.25) is 5.02 Å². The van der Waals surface area contributed by atoms with Crippen LogP contribution in [0, 0.1) is 0 Å². The van der Waals surface area contributed by atoms with E-state index in [-0.39, 0.29) is 24.4 Å². The second-order valence-electron chi connectivity index (χ2n) is 8.23. The van der Waals surface area contributed by atoms with Crippen LogP contribution in [0.5, 0.6) is 0 Å². The fourth-order valence-corrected chi connectivity index (χ4v) is 4.29. The summed E-state index contributed by atoms with van der Waals surface area (Å²) in [5.41, 5.74) is 3.60. The Morgan fingerprint density at radius 2 is 1.91 bits per heavy atom. The van der Waals surface area contributed by atoms with Gasteiger partial charge in [-0.2, -0.15) is 5.10 Å². The van der Waals surface area contributed by atoms with Gasteiger partial charge in [0.25, 0.3) is 5.91 Å². The van der Waals surface area contributed by atoms with Crippen LogP contribution in [0.25, 0.3) is 11.0 Å². The van der Waals surface area contributed by atoms with Crippen molar-refractivity contribution in [3.63, 3.8) is 0 Å². The quantitative estimate of drug-likeness (QED) is 0.390. The molecule has 3 heterocycles. The molecule has 7 heteroatoms. The van der Waals surface area contributed by atoms with Crippen molar-refractivity contribution in [2.45, 2.75) is 38.8 Å². The number of nitrogens with zero attached hydrogens (tertiary/aromatic N) is 4. The molecule has 1 aliphatic rings. The summed E-state index contributed by atoms with van der Waals surface area (Å²) in [6.07, 6.45) is 2.20. The number of hydrogen-bond acceptors (Lipinski definition) is 4. The van der Waals surface area contributed by atoms with Crippen molar-refractivity contribution >= 4 is 34.3 Å². The van der Waals surface area contributed by atoms with Crippen molar-refractivity contribution < 1.29 is 9.21 Å². The first kappa shape index (κ1) is 20.5. The lowest BCUT2D eigenvalue weighted by Gasteiger charge is -2.21. The summed E-state index contributed by atoms with van der Waals surface area (Å²) in [6.45, 7) is 4.32. The van der Waals surface area contributed by atoms with Crippen molar-refractivity contribution in [2.75, 3.05) is 0 Å². The van der Waals surface area contributed by atoms with E-state index in [1.54, 1.807) is 11.3 Å². The minimum absolute atomic E-state index is 0.111. The molecule has 0 saturated carbocycles. The summed E-state index contributed by atoms with van der Waals surface area (Å²) in [4.78, 5) is 18.3. The second kappa shape index (κ2) is 8.28. The zero-order chi connectivity index (χ0) is 22.2. The maximum atomic E-state index is 13.6. The van der Waals surface area contributed by atoms with Gasteiger partial charge in [0.1, 0.15) is 24.2 Å². The highest BCUT2D eigenvalue weighted by atomic mass is 35.5. The molecule has 6 nitrogen and oxygen atoms in total. The monoisotopic (exact) mass is 446 g/mol. The van der Waals surface area contributed by atoms with Crippen LogP contribution >= 0.6 is 11.6 Å². The number of imidazole rings is 1. The Balaban J connectivity index is 1.51. The number of furan rings is 1. The summed E-state index contributed by atoms with van der Waals surface area (Å²) >= 11 is 6.05. The van der Waals surface area contributed by atoms with Gasteiger partial charge in [-0.15, -0.1) is 0 Å². The van der Waals surface area contributed by atoms with Crippen molar-refractivity contribution in [2.24, 2.45) is 5.10 Å². The molecule has 0 fully saturated rings. The van der Waals surface area contributed by atoms with Gasteiger partial charge in [0, 0.05) is 17.4 Å². The molecular weight excluding hydrogens is 424 g/mol. The molecule has 0 unspecified atom stereocenters. The van der Waals surface area contributed by atoms with Crippen LogP contribution in [0.4, 0.5) is 0 Å². The molecule has 0 aliphatic carbocycles. The number of halogens is 1. The van der Waals surface area contributed by atoms with Gasteiger partial charge in [0.15, 0.2) is 0 Å². The van der Waals surface area contributed by atoms with E-state index in [0.29, 0.717) is 17.2 Å². The molecule has 0 radical (unpaired) electrons. The average Bonchev–Trinajstić information content (AvgIpc) is 3.53. The lowest BCUT2D eigenvalue weighted by molar-refractivity contribution is -0.134. The normalized spacial score (nSPS) is 16.2. The van der Waals surface area contributed by atoms with Gasteiger partial charge in [0.05, 0.1) is 23.0 Å². The highest BCUT2D eigenvalue weighted by Gasteiger charge is 2.35. The minimum atomic E-state index is -0.291. The van der Waals surface area contributed by atoms with E-state index in [1.165, 1.54) is 0 Å². The number of para-hydroxylation sites is 2. The SMILES string of the molecule is CC(C)c1nc2ccccc2n1CC(=O)N1N=C(c2ccc(Cl)cc2)C[C@@H]1c1ccco1. The van der Waals surface area contributed by atoms with Crippen LogP contribution in [-0.2, 0) is 11.3 Å². The van der Waals surface area contributed by atoms with Crippen LogP contribution in [0.1, 0.15) is 49.4 Å². The minimum Gasteiger partial charge on any atom is -0.467 e. The molecule has 162 valence electrons. The molecule has 2 aromatic carbocycles. The van der Waals surface area contributed by atoms with E-state index < -0.39 is 0 Å². The Bertz CT molecular complexity index is 1290. The number of benzene rings is 2. The summed E-state index contributed by atoms with van der Waals surface area (Å²) in [7, 11) is 0. The number of carbonyl (C=O) groups is 1. The van der Waals surface area contributed by atoms with E-state index in [0.717, 1.165) is 28.1 Å². The van der Waals surface area contributed by atoms with Gasteiger partial charge in [-0.25, -0.2) is 9.99 Å². The Morgan fingerprint density at radius 3 is 2.62 bits per heavy atom. The van der Waals surface area contributed by atoms with Crippen molar-refractivity contribution in [3.8, 4) is 0 Å². The molecule has 0 N–H and O–H groups in total. The molecule has 1 aliphatic heterocycles. The predicted molar refractivity (Wildman–Crippen MR) is 125 cm³/mol. The third kappa shape index (κ3) is 3.71. The van der Waals surface area contributed by atoms with Gasteiger partial charge in [-0.1, -0.05) is 49.7 Å². The Labute approximate surface area is 191 Å². The highest BCUT2D eigenvalue weighted by molar-refractivity contribution is 6.30. The smallest absolute Gasteiger partial charge is 0.263 e. The molecule has 5 rings (SSSR count). The van der Waals surface area contributed by atoms with Crippen LogP contribution in [0.15, 0.2) is 76.4 Å². The summed E-state index contributed by atoms with van der Waals surface area (Å²) in [6, 6.07) is 18.8. The van der Waals surface area contributed by atoms with Crippen molar-refractivity contribution in [3.05, 3.63) is 89.1 Å². The number of aromatic nitrogens is 2. The fourth-order valence-electron chi connectivity index (χ4n) is 4.17. The molecule has 0 spiro atoms. The van der Waals surface area contributed by atoms with Crippen LogP contribution in [0.3, 0.4) is 0 Å². The van der Waals surface area contributed by atoms with E-state index in [2.05, 4.69) is 13.8 Å². The standard InChI is InChI=1S/C25H23ClN4O2/c1-16(2)25-27-19-6-3-4-7-21(19)29(25)15-24(31)30-22(23-8-5-13-32-23)14-20(28-30)17-9-11-18(26)12-10-17/h3-13,16,22H,14-15H2,1-2H3/t22-/m1/s1. The summed E-state index contributed by atoms with van der Waals surface area (Å²) in [5.74, 6) is 1.67. The third-order valence-electron chi connectivity index (χ3n) is 5.71. The average molecular weight is 447 g/mol. The van der Waals surface area contributed by atoms with E-state index in [9.17, 15) is 4.79 Å². The number of hydrogen-bond donors (Lipinski definition) is 0. The number of rotatable bonds is 5. The Morgan fingerprint density at radius 1 is 1.12 bits per heavy atom. The highest BCUT2D eigenvalue weighted by Crippen LogP contribution is 2.34. The van der Waals surface area contributed by atoms with Gasteiger partial charge in [0.2, 0.25) is 0 Å². The van der Waals surface area contributed by atoms with E-state index in [4.69, 9.17) is 26.1 Å². The van der Waals surface area contributed by atoms with Crippen LogP contribution < -0.4 is 0 Å². The molecule has 0 saturated heterocycles. The zero-order valence-electron chi connectivity index (χ0n) is 17.9. The number of carbonyl (C=O) groups excluding carboxylic acids is 1. The summed E-state index contributed by atoms with van der Waals surface area (Å²) in [5, 5.41) is 6.94. The number of hydrazone groups is 1. The molecule has 32 heavy (non-hydrogen) atoms. The van der Waals surface area contributed by atoms with Gasteiger partial charge in [-0.3, -0.25) is 4.79 Å². The van der Waals surface area contributed by atoms with Gasteiger partial charge in [-0.05, 0) is 42.0 Å². The molecule has 4 aromatic rings. The predicted octanol–water partition coefficient (Wildman–Crippen LogP) is 5.78. The van der Waals surface area contributed by atoms with Crippen molar-refractivity contribution in [1.82, 2.24) is 14.6 Å². The fraction of sp³-hybridized carbons (Fsp3) is 0.240.